The number of fused-ring (bicyclic) bond motifs is 1. The predicted octanol–water partition coefficient (Wildman–Crippen LogP) is 3.75. The normalized spacial score (nSPS) is 11.2. The van der Waals surface area contributed by atoms with E-state index in [1.54, 1.807) is 18.8 Å². The lowest BCUT2D eigenvalue weighted by Crippen LogP contribution is -2.08. The van der Waals surface area contributed by atoms with E-state index in [9.17, 15) is 4.79 Å². The van der Waals surface area contributed by atoms with Gasteiger partial charge >= 0.3 is 0 Å². The topological polar surface area (TPSA) is 57.0 Å². The molecule has 5 heteroatoms. The minimum atomic E-state index is -0.109. The molecule has 0 aliphatic carbocycles. The minimum Gasteiger partial charge on any atom is -0.481 e. The standard InChI is InChI=1S/C20H23N3O2/c1-10-8-9-15(18-16(10)12(3)11(2)13(4)21-18)19(24)17-14(5)22-23(6)20(17)25-7/h8-9H,1-7H3. The molecule has 0 N–H and O–H groups in total. The molecule has 0 aliphatic heterocycles. The van der Waals surface area contributed by atoms with Gasteiger partial charge in [0.2, 0.25) is 11.7 Å². The Hall–Kier alpha value is -2.69. The zero-order valence-corrected chi connectivity index (χ0v) is 15.8. The lowest BCUT2D eigenvalue weighted by Gasteiger charge is -2.14. The number of hydrogen-bond donors (Lipinski definition) is 0. The maximum absolute atomic E-state index is 13.3. The number of ketones is 1. The fraction of sp³-hybridized carbons (Fsp3) is 0.350. The minimum absolute atomic E-state index is 0.109. The summed E-state index contributed by atoms with van der Waals surface area (Å²) in [6.07, 6.45) is 0. The largest absolute Gasteiger partial charge is 0.481 e. The molecule has 0 saturated heterocycles. The van der Waals surface area contributed by atoms with Crippen molar-refractivity contribution in [3.8, 4) is 5.88 Å². The van der Waals surface area contributed by atoms with Crippen LogP contribution in [0.25, 0.3) is 10.9 Å². The Morgan fingerprint density at radius 3 is 2.36 bits per heavy atom. The summed E-state index contributed by atoms with van der Waals surface area (Å²) < 4.78 is 6.99. The van der Waals surface area contributed by atoms with Crippen molar-refractivity contribution in [3.63, 3.8) is 0 Å². The SMILES string of the molecule is COc1c(C(=O)c2ccc(C)c3c(C)c(C)c(C)nc23)c(C)nn1C. The molecule has 0 saturated carbocycles. The van der Waals surface area contributed by atoms with E-state index in [1.807, 2.05) is 26.0 Å². The Morgan fingerprint density at radius 1 is 1.04 bits per heavy atom. The molecule has 25 heavy (non-hydrogen) atoms. The van der Waals surface area contributed by atoms with Crippen LogP contribution >= 0.6 is 0 Å². The van der Waals surface area contributed by atoms with Crippen LogP contribution < -0.4 is 4.74 Å². The van der Waals surface area contributed by atoms with Crippen LogP contribution in [0.4, 0.5) is 0 Å². The van der Waals surface area contributed by atoms with Crippen LogP contribution in [0.15, 0.2) is 12.1 Å². The van der Waals surface area contributed by atoms with Crippen molar-refractivity contribution in [1.82, 2.24) is 14.8 Å². The summed E-state index contributed by atoms with van der Waals surface area (Å²) in [4.78, 5) is 18.1. The summed E-state index contributed by atoms with van der Waals surface area (Å²) in [6.45, 7) is 10.0. The number of benzene rings is 1. The van der Waals surface area contributed by atoms with E-state index in [1.165, 1.54) is 5.56 Å². The van der Waals surface area contributed by atoms with Gasteiger partial charge in [0, 0.05) is 23.7 Å². The van der Waals surface area contributed by atoms with E-state index in [4.69, 9.17) is 9.72 Å². The van der Waals surface area contributed by atoms with Crippen molar-refractivity contribution in [3.05, 3.63) is 51.3 Å². The molecule has 130 valence electrons. The molecule has 5 nitrogen and oxygen atoms in total. The van der Waals surface area contributed by atoms with Crippen molar-refractivity contribution >= 4 is 16.7 Å². The average molecular weight is 337 g/mol. The number of aryl methyl sites for hydroxylation is 5. The van der Waals surface area contributed by atoms with Gasteiger partial charge in [-0.15, -0.1) is 0 Å². The van der Waals surface area contributed by atoms with E-state index >= 15 is 0 Å². The molecule has 1 aromatic carbocycles. The smallest absolute Gasteiger partial charge is 0.223 e. The first-order valence-electron chi connectivity index (χ1n) is 8.27. The van der Waals surface area contributed by atoms with Gasteiger partial charge in [0.1, 0.15) is 5.56 Å². The zero-order valence-electron chi connectivity index (χ0n) is 15.8. The fourth-order valence-corrected chi connectivity index (χ4v) is 3.44. The molecule has 0 bridgehead atoms. The third-order valence-corrected chi connectivity index (χ3v) is 4.98. The van der Waals surface area contributed by atoms with Crippen molar-refractivity contribution < 1.29 is 9.53 Å². The number of hydrogen-bond acceptors (Lipinski definition) is 4. The van der Waals surface area contributed by atoms with Gasteiger partial charge in [-0.3, -0.25) is 9.78 Å². The Bertz CT molecular complexity index is 1020. The number of methoxy groups -OCH3 is 1. The molecule has 0 aliphatic rings. The molecular weight excluding hydrogens is 314 g/mol. The van der Waals surface area contributed by atoms with E-state index in [2.05, 4.69) is 25.9 Å². The number of rotatable bonds is 3. The van der Waals surface area contributed by atoms with Gasteiger partial charge in [0.25, 0.3) is 0 Å². The summed E-state index contributed by atoms with van der Waals surface area (Å²) in [5.74, 6) is 0.361. The zero-order chi connectivity index (χ0) is 18.5. The van der Waals surface area contributed by atoms with Gasteiger partial charge in [0.15, 0.2) is 0 Å². The van der Waals surface area contributed by atoms with Gasteiger partial charge in [-0.05, 0) is 57.4 Å². The Labute approximate surface area is 147 Å². The van der Waals surface area contributed by atoms with Crippen molar-refractivity contribution in [2.75, 3.05) is 7.11 Å². The van der Waals surface area contributed by atoms with Gasteiger partial charge in [-0.1, -0.05) is 6.07 Å². The number of aromatic nitrogens is 3. The van der Waals surface area contributed by atoms with Crippen molar-refractivity contribution in [1.29, 1.82) is 0 Å². The van der Waals surface area contributed by atoms with Gasteiger partial charge < -0.3 is 4.74 Å². The molecule has 0 spiro atoms. The predicted molar refractivity (Wildman–Crippen MR) is 98.6 cm³/mol. The quantitative estimate of drug-likeness (QED) is 0.683. The van der Waals surface area contributed by atoms with Crippen LogP contribution in [0, 0.1) is 34.6 Å². The van der Waals surface area contributed by atoms with Crippen LogP contribution in [0.2, 0.25) is 0 Å². The summed E-state index contributed by atoms with van der Waals surface area (Å²) in [7, 11) is 3.32. The highest BCUT2D eigenvalue weighted by Gasteiger charge is 2.25. The van der Waals surface area contributed by atoms with Crippen LogP contribution in [-0.2, 0) is 7.05 Å². The molecule has 0 radical (unpaired) electrons. The molecule has 0 amide bonds. The molecule has 0 atom stereocenters. The maximum atomic E-state index is 13.3. The van der Waals surface area contributed by atoms with Crippen LogP contribution in [0.5, 0.6) is 5.88 Å². The molecule has 2 aromatic heterocycles. The first-order chi connectivity index (χ1) is 11.8. The number of carbonyl (C=O) groups is 1. The van der Waals surface area contributed by atoms with E-state index < -0.39 is 0 Å². The van der Waals surface area contributed by atoms with Crippen LogP contribution in [0.1, 0.15) is 44.0 Å². The van der Waals surface area contributed by atoms with E-state index in [-0.39, 0.29) is 5.78 Å². The monoisotopic (exact) mass is 337 g/mol. The second kappa shape index (κ2) is 5.99. The second-order valence-electron chi connectivity index (χ2n) is 6.52. The highest BCUT2D eigenvalue weighted by atomic mass is 16.5. The number of nitrogens with zero attached hydrogens (tertiary/aromatic N) is 3. The Balaban J connectivity index is 2.34. The van der Waals surface area contributed by atoms with Crippen LogP contribution in [-0.4, -0.2) is 27.7 Å². The summed E-state index contributed by atoms with van der Waals surface area (Å²) in [5, 5.41) is 5.38. The second-order valence-corrected chi connectivity index (χ2v) is 6.52. The Morgan fingerprint density at radius 2 is 1.72 bits per heavy atom. The number of pyridine rings is 1. The summed E-state index contributed by atoms with van der Waals surface area (Å²) in [6, 6.07) is 3.84. The molecule has 0 unspecified atom stereocenters. The van der Waals surface area contributed by atoms with Gasteiger partial charge in [-0.25, -0.2) is 4.68 Å². The van der Waals surface area contributed by atoms with Gasteiger partial charge in [-0.2, -0.15) is 5.10 Å². The maximum Gasteiger partial charge on any atom is 0.223 e. The fourth-order valence-electron chi connectivity index (χ4n) is 3.44. The first-order valence-corrected chi connectivity index (χ1v) is 8.27. The molecule has 3 rings (SSSR count). The number of carbonyl (C=O) groups excluding carboxylic acids is 1. The average Bonchev–Trinajstić information content (AvgIpc) is 2.85. The lowest BCUT2D eigenvalue weighted by molar-refractivity contribution is 0.103. The summed E-state index contributed by atoms with van der Waals surface area (Å²) in [5.41, 5.74) is 6.87. The number of ether oxygens (including phenoxy) is 1. The highest BCUT2D eigenvalue weighted by Crippen LogP contribution is 2.31. The highest BCUT2D eigenvalue weighted by molar-refractivity contribution is 6.17. The third kappa shape index (κ3) is 2.51. The third-order valence-electron chi connectivity index (χ3n) is 4.98. The molecule has 3 aromatic rings. The van der Waals surface area contributed by atoms with Crippen molar-refractivity contribution in [2.45, 2.75) is 34.6 Å². The van der Waals surface area contributed by atoms with Gasteiger partial charge in [0.05, 0.1) is 18.3 Å². The molecule has 0 fully saturated rings. The summed E-state index contributed by atoms with van der Waals surface area (Å²) >= 11 is 0. The Kier molecular flexibility index (Phi) is 4.11. The molecular formula is C20H23N3O2. The van der Waals surface area contributed by atoms with E-state index in [0.717, 1.165) is 27.7 Å². The van der Waals surface area contributed by atoms with Crippen molar-refractivity contribution in [2.24, 2.45) is 7.05 Å². The first kappa shape index (κ1) is 17.1. The lowest BCUT2D eigenvalue weighted by atomic mass is 9.93. The van der Waals surface area contributed by atoms with E-state index in [0.29, 0.717) is 22.7 Å². The van der Waals surface area contributed by atoms with Crippen LogP contribution in [0.3, 0.4) is 0 Å². The molecule has 2 heterocycles.